The van der Waals surface area contributed by atoms with Gasteiger partial charge >= 0.3 is 0 Å². The Hall–Kier alpha value is -1.10. The summed E-state index contributed by atoms with van der Waals surface area (Å²) in [5.41, 5.74) is 7.69. The average Bonchev–Trinajstić information content (AvgIpc) is 2.79. The van der Waals surface area contributed by atoms with Gasteiger partial charge in [-0.3, -0.25) is 0 Å². The van der Waals surface area contributed by atoms with Gasteiger partial charge in [-0.1, -0.05) is 34.1 Å². The van der Waals surface area contributed by atoms with Crippen LogP contribution < -0.4 is 5.73 Å². The Morgan fingerprint density at radius 1 is 1.12 bits per heavy atom. The van der Waals surface area contributed by atoms with Crippen LogP contribution in [-0.2, 0) is 24.5 Å². The molecule has 90 valence electrons. The van der Waals surface area contributed by atoms with Crippen LogP contribution in [0, 0.1) is 0 Å². The first kappa shape index (κ1) is 12.4. The van der Waals surface area contributed by atoms with E-state index in [1.165, 1.54) is 0 Å². The van der Waals surface area contributed by atoms with E-state index in [-0.39, 0.29) is 0 Å². The fourth-order valence-electron chi connectivity index (χ4n) is 1.56. The Labute approximate surface area is 109 Å². The zero-order chi connectivity index (χ0) is 12.1. The average molecular weight is 296 g/mol. The molecule has 0 spiro atoms. The maximum Gasteiger partial charge on any atom is 0.122 e. The molecule has 0 atom stereocenters. The molecule has 0 aliphatic rings. The van der Waals surface area contributed by atoms with Crippen molar-refractivity contribution in [2.24, 2.45) is 5.73 Å². The second-order valence-corrected chi connectivity index (χ2v) is 4.51. The first-order valence-electron chi connectivity index (χ1n) is 5.37. The topological polar surface area (TPSA) is 48.4 Å². The third kappa shape index (κ3) is 3.19. The normalized spacial score (nSPS) is 10.7. The molecule has 0 unspecified atom stereocenters. The van der Waals surface area contributed by atoms with E-state index in [0.29, 0.717) is 19.8 Å². The van der Waals surface area contributed by atoms with Crippen LogP contribution in [0.5, 0.6) is 0 Å². The van der Waals surface area contributed by atoms with Gasteiger partial charge in [0.15, 0.2) is 0 Å². The summed E-state index contributed by atoms with van der Waals surface area (Å²) in [5, 5.41) is 0. The van der Waals surface area contributed by atoms with Gasteiger partial charge in [0.25, 0.3) is 0 Å². The summed E-state index contributed by atoms with van der Waals surface area (Å²) in [4.78, 5) is 0. The van der Waals surface area contributed by atoms with E-state index in [0.717, 1.165) is 21.4 Å². The highest BCUT2D eigenvalue weighted by Gasteiger charge is 2.05. The Morgan fingerprint density at radius 2 is 1.88 bits per heavy atom. The summed E-state index contributed by atoms with van der Waals surface area (Å²) in [7, 11) is 0. The van der Waals surface area contributed by atoms with Gasteiger partial charge < -0.3 is 14.9 Å². The number of hydrogen-bond acceptors (Lipinski definition) is 3. The van der Waals surface area contributed by atoms with E-state index in [1.807, 2.05) is 30.3 Å². The van der Waals surface area contributed by atoms with Crippen LogP contribution in [0.25, 0.3) is 0 Å². The van der Waals surface area contributed by atoms with Gasteiger partial charge in [0.1, 0.15) is 5.76 Å². The maximum atomic E-state index is 5.64. The molecule has 0 saturated heterocycles. The maximum absolute atomic E-state index is 5.64. The number of rotatable bonds is 5. The number of hydrogen-bond donors (Lipinski definition) is 1. The second-order valence-electron chi connectivity index (χ2n) is 3.66. The number of halogens is 1. The molecule has 0 bridgehead atoms. The van der Waals surface area contributed by atoms with Crippen molar-refractivity contribution in [1.29, 1.82) is 0 Å². The van der Waals surface area contributed by atoms with Gasteiger partial charge in [0.05, 0.1) is 26.0 Å². The van der Waals surface area contributed by atoms with Crippen molar-refractivity contribution in [2.75, 3.05) is 0 Å². The van der Waals surface area contributed by atoms with Crippen molar-refractivity contribution in [2.45, 2.75) is 19.8 Å². The lowest BCUT2D eigenvalue weighted by atomic mass is 10.2. The lowest BCUT2D eigenvalue weighted by Crippen LogP contribution is -2.00. The van der Waals surface area contributed by atoms with Gasteiger partial charge in [-0.05, 0) is 17.7 Å². The molecule has 1 aromatic carbocycles. The van der Waals surface area contributed by atoms with Crippen molar-refractivity contribution in [1.82, 2.24) is 0 Å². The summed E-state index contributed by atoms with van der Waals surface area (Å²) < 4.78 is 11.9. The smallest absolute Gasteiger partial charge is 0.122 e. The summed E-state index contributed by atoms with van der Waals surface area (Å²) in [5.74, 6) is 0.789. The minimum atomic E-state index is 0.403. The predicted molar refractivity (Wildman–Crippen MR) is 69.2 cm³/mol. The van der Waals surface area contributed by atoms with Crippen LogP contribution in [0.2, 0.25) is 0 Å². The van der Waals surface area contributed by atoms with Gasteiger partial charge in [0, 0.05) is 10.0 Å². The third-order valence-corrected chi connectivity index (χ3v) is 3.27. The Morgan fingerprint density at radius 3 is 2.65 bits per heavy atom. The van der Waals surface area contributed by atoms with E-state index in [1.54, 1.807) is 6.26 Å². The number of benzene rings is 1. The standard InChI is InChI=1S/C13H14BrNO2/c14-12-4-2-1-3-10(12)8-16-9-11-5-6-17-13(11)7-15/h1-6H,7-9,15H2. The summed E-state index contributed by atoms with van der Waals surface area (Å²) >= 11 is 3.48. The molecular weight excluding hydrogens is 282 g/mol. The molecule has 1 heterocycles. The monoisotopic (exact) mass is 295 g/mol. The minimum Gasteiger partial charge on any atom is -0.468 e. The van der Waals surface area contributed by atoms with Crippen molar-refractivity contribution in [3.63, 3.8) is 0 Å². The van der Waals surface area contributed by atoms with Crippen LogP contribution in [0.4, 0.5) is 0 Å². The summed E-state index contributed by atoms with van der Waals surface area (Å²) in [6.45, 7) is 1.49. The van der Waals surface area contributed by atoms with Gasteiger partial charge in [-0.2, -0.15) is 0 Å². The molecule has 2 N–H and O–H groups in total. The third-order valence-electron chi connectivity index (χ3n) is 2.50. The van der Waals surface area contributed by atoms with Gasteiger partial charge in [-0.15, -0.1) is 0 Å². The summed E-state index contributed by atoms with van der Waals surface area (Å²) in [6, 6.07) is 9.90. The van der Waals surface area contributed by atoms with Crippen LogP contribution in [-0.4, -0.2) is 0 Å². The van der Waals surface area contributed by atoms with E-state index in [9.17, 15) is 0 Å². The molecule has 0 amide bonds. The lowest BCUT2D eigenvalue weighted by Gasteiger charge is -2.06. The van der Waals surface area contributed by atoms with Crippen LogP contribution in [0.3, 0.4) is 0 Å². The molecule has 0 saturated carbocycles. The molecule has 2 rings (SSSR count). The molecule has 0 aliphatic carbocycles. The molecule has 0 radical (unpaired) electrons. The van der Waals surface area contributed by atoms with Crippen molar-refractivity contribution in [3.05, 3.63) is 58.0 Å². The van der Waals surface area contributed by atoms with Crippen LogP contribution in [0.1, 0.15) is 16.9 Å². The first-order chi connectivity index (χ1) is 8.31. The molecule has 4 heteroatoms. The van der Waals surface area contributed by atoms with Crippen molar-refractivity contribution in [3.8, 4) is 0 Å². The number of furan rings is 1. The molecule has 0 aliphatic heterocycles. The second kappa shape index (κ2) is 6.00. The minimum absolute atomic E-state index is 0.403. The lowest BCUT2D eigenvalue weighted by molar-refractivity contribution is 0.105. The van der Waals surface area contributed by atoms with Crippen LogP contribution >= 0.6 is 15.9 Å². The number of nitrogens with two attached hydrogens (primary N) is 1. The largest absolute Gasteiger partial charge is 0.468 e. The van der Waals surface area contributed by atoms with Crippen molar-refractivity contribution >= 4 is 15.9 Å². The zero-order valence-corrected chi connectivity index (χ0v) is 10.9. The van der Waals surface area contributed by atoms with Gasteiger partial charge in [0.2, 0.25) is 0 Å². The Balaban J connectivity index is 1.90. The van der Waals surface area contributed by atoms with E-state index in [2.05, 4.69) is 15.9 Å². The Kier molecular flexibility index (Phi) is 4.36. The van der Waals surface area contributed by atoms with Crippen LogP contribution in [0.15, 0.2) is 45.5 Å². The molecule has 2 aromatic rings. The molecule has 3 nitrogen and oxygen atoms in total. The van der Waals surface area contributed by atoms with E-state index in [4.69, 9.17) is 14.9 Å². The first-order valence-corrected chi connectivity index (χ1v) is 6.17. The quantitative estimate of drug-likeness (QED) is 0.921. The fourth-order valence-corrected chi connectivity index (χ4v) is 1.96. The highest BCUT2D eigenvalue weighted by Crippen LogP contribution is 2.18. The highest BCUT2D eigenvalue weighted by molar-refractivity contribution is 9.10. The summed E-state index contributed by atoms with van der Waals surface area (Å²) in [6.07, 6.45) is 1.64. The van der Waals surface area contributed by atoms with E-state index >= 15 is 0 Å². The molecule has 0 fully saturated rings. The molecule has 17 heavy (non-hydrogen) atoms. The SMILES string of the molecule is NCc1occc1COCc1ccccc1Br. The van der Waals surface area contributed by atoms with Crippen molar-refractivity contribution < 1.29 is 9.15 Å². The highest BCUT2D eigenvalue weighted by atomic mass is 79.9. The molecular formula is C13H14BrNO2. The zero-order valence-electron chi connectivity index (χ0n) is 9.36. The number of ether oxygens (including phenoxy) is 1. The predicted octanol–water partition coefficient (Wildman–Crippen LogP) is 3.22. The van der Waals surface area contributed by atoms with E-state index < -0.39 is 0 Å². The van der Waals surface area contributed by atoms with Gasteiger partial charge in [-0.25, -0.2) is 0 Å². The fraction of sp³-hybridized carbons (Fsp3) is 0.231. The Bertz CT molecular complexity index is 482. The molecule has 1 aromatic heterocycles.